The second kappa shape index (κ2) is 13.3. The van der Waals surface area contributed by atoms with Gasteiger partial charge in [-0.05, 0) is 30.7 Å². The van der Waals surface area contributed by atoms with Gasteiger partial charge in [-0.3, -0.25) is 23.9 Å². The first-order chi connectivity index (χ1) is 19.8. The van der Waals surface area contributed by atoms with Crippen molar-refractivity contribution in [3.05, 3.63) is 88.4 Å². The van der Waals surface area contributed by atoms with Crippen LogP contribution in [0.15, 0.2) is 64.4 Å². The minimum atomic E-state index is -4.18. The number of anilines is 1. The van der Waals surface area contributed by atoms with Crippen LogP contribution in [-0.2, 0) is 24.4 Å². The van der Waals surface area contributed by atoms with E-state index in [0.717, 1.165) is 16.8 Å². The SMILES string of the molecule is CC[C@@H](C(=O)N[C@@H](CC(=O)O)C(=O)COc1c(F)c(F)cc(F)c1F)n1cccc(NS(=O)(=O)c2ccccc2)c1=O. The Labute approximate surface area is 235 Å². The molecule has 0 radical (unpaired) electrons. The summed E-state index contributed by atoms with van der Waals surface area (Å²) in [6.07, 6.45) is 0.0420. The molecule has 224 valence electrons. The third kappa shape index (κ3) is 7.31. The minimum Gasteiger partial charge on any atom is -0.481 e. The number of ether oxygens (including phenoxy) is 1. The molecule has 1 aromatic heterocycles. The summed E-state index contributed by atoms with van der Waals surface area (Å²) in [5, 5.41) is 11.3. The Bertz CT molecular complexity index is 1640. The van der Waals surface area contributed by atoms with Crippen molar-refractivity contribution in [3.63, 3.8) is 0 Å². The first kappa shape index (κ1) is 31.8. The molecule has 0 fully saturated rings. The van der Waals surface area contributed by atoms with E-state index in [1.807, 2.05) is 0 Å². The van der Waals surface area contributed by atoms with Crippen LogP contribution in [-0.4, -0.2) is 48.4 Å². The van der Waals surface area contributed by atoms with Crippen LogP contribution in [0.1, 0.15) is 25.8 Å². The summed E-state index contributed by atoms with van der Waals surface area (Å²) in [5.74, 6) is -12.9. The van der Waals surface area contributed by atoms with E-state index in [4.69, 9.17) is 0 Å². The Balaban J connectivity index is 1.82. The van der Waals surface area contributed by atoms with E-state index in [0.29, 0.717) is 0 Å². The summed E-state index contributed by atoms with van der Waals surface area (Å²) >= 11 is 0. The second-order valence-corrected chi connectivity index (χ2v) is 10.4. The summed E-state index contributed by atoms with van der Waals surface area (Å²) in [6.45, 7) is 0.182. The van der Waals surface area contributed by atoms with Crippen molar-refractivity contribution in [2.45, 2.75) is 36.7 Å². The number of benzene rings is 2. The van der Waals surface area contributed by atoms with Gasteiger partial charge in [0.2, 0.25) is 17.5 Å². The molecule has 3 N–H and O–H groups in total. The van der Waals surface area contributed by atoms with Crippen LogP contribution in [0, 0.1) is 23.3 Å². The van der Waals surface area contributed by atoms with Gasteiger partial charge in [0.1, 0.15) is 24.4 Å². The Morgan fingerprint density at radius 1 is 1.00 bits per heavy atom. The second-order valence-electron chi connectivity index (χ2n) is 8.69. The monoisotopic (exact) mass is 613 g/mol. The zero-order chi connectivity index (χ0) is 31.2. The molecule has 0 saturated heterocycles. The van der Waals surface area contributed by atoms with Gasteiger partial charge in [-0.1, -0.05) is 25.1 Å². The highest BCUT2D eigenvalue weighted by Gasteiger charge is 2.30. The van der Waals surface area contributed by atoms with Crippen LogP contribution in [0.25, 0.3) is 0 Å². The molecule has 0 spiro atoms. The molecule has 0 unspecified atom stereocenters. The number of carbonyl (C=O) groups excluding carboxylic acids is 2. The van der Waals surface area contributed by atoms with Gasteiger partial charge in [-0.25, -0.2) is 17.2 Å². The van der Waals surface area contributed by atoms with Crippen molar-refractivity contribution < 1.29 is 50.2 Å². The summed E-state index contributed by atoms with van der Waals surface area (Å²) in [7, 11) is -4.18. The molecular formula is C26H23F4N3O8S. The number of hydrogen-bond donors (Lipinski definition) is 3. The molecule has 2 atom stereocenters. The van der Waals surface area contributed by atoms with Crippen LogP contribution in [0.5, 0.6) is 5.75 Å². The number of hydrogen-bond acceptors (Lipinski definition) is 7. The van der Waals surface area contributed by atoms with Gasteiger partial charge < -0.3 is 19.7 Å². The molecule has 16 heteroatoms. The van der Waals surface area contributed by atoms with E-state index in [9.17, 15) is 50.3 Å². The van der Waals surface area contributed by atoms with Gasteiger partial charge in [-0.2, -0.15) is 8.78 Å². The molecule has 0 aliphatic heterocycles. The number of aliphatic carboxylic acids is 1. The number of amides is 1. The summed E-state index contributed by atoms with van der Waals surface area (Å²) in [4.78, 5) is 50.1. The van der Waals surface area contributed by atoms with E-state index in [1.54, 1.807) is 6.07 Å². The first-order valence-corrected chi connectivity index (χ1v) is 13.5. The quantitative estimate of drug-likeness (QED) is 0.196. The fourth-order valence-corrected chi connectivity index (χ4v) is 4.83. The van der Waals surface area contributed by atoms with Gasteiger partial charge in [0.05, 0.1) is 11.3 Å². The lowest BCUT2D eigenvalue weighted by Gasteiger charge is -2.22. The van der Waals surface area contributed by atoms with Crippen molar-refractivity contribution in [1.82, 2.24) is 9.88 Å². The molecule has 1 amide bonds. The molecule has 1 heterocycles. The molecule has 0 aliphatic rings. The fourth-order valence-electron chi connectivity index (χ4n) is 3.75. The third-order valence-electron chi connectivity index (χ3n) is 5.81. The molecule has 2 aromatic carbocycles. The van der Waals surface area contributed by atoms with Crippen molar-refractivity contribution in [1.29, 1.82) is 0 Å². The van der Waals surface area contributed by atoms with Crippen molar-refractivity contribution in [3.8, 4) is 5.75 Å². The zero-order valence-electron chi connectivity index (χ0n) is 21.6. The lowest BCUT2D eigenvalue weighted by molar-refractivity contribution is -0.140. The number of pyridine rings is 1. The van der Waals surface area contributed by atoms with Gasteiger partial charge in [0.25, 0.3) is 15.6 Å². The van der Waals surface area contributed by atoms with Crippen LogP contribution < -0.4 is 20.3 Å². The Morgan fingerprint density at radius 3 is 2.19 bits per heavy atom. The van der Waals surface area contributed by atoms with E-state index >= 15 is 0 Å². The molecule has 11 nitrogen and oxygen atoms in total. The Hall–Kier alpha value is -4.73. The summed E-state index contributed by atoms with van der Waals surface area (Å²) in [5.41, 5.74) is -1.35. The highest BCUT2D eigenvalue weighted by Crippen LogP contribution is 2.26. The molecule has 3 aromatic rings. The highest BCUT2D eigenvalue weighted by atomic mass is 32.2. The van der Waals surface area contributed by atoms with Crippen molar-refractivity contribution in [2.75, 3.05) is 11.3 Å². The van der Waals surface area contributed by atoms with Gasteiger partial charge in [0, 0.05) is 12.3 Å². The van der Waals surface area contributed by atoms with Gasteiger partial charge >= 0.3 is 5.97 Å². The van der Waals surface area contributed by atoms with Crippen LogP contribution in [0.3, 0.4) is 0 Å². The number of halogens is 4. The normalized spacial score (nSPS) is 12.7. The molecule has 42 heavy (non-hydrogen) atoms. The predicted octanol–water partition coefficient (Wildman–Crippen LogP) is 2.76. The van der Waals surface area contributed by atoms with E-state index in [1.165, 1.54) is 37.3 Å². The lowest BCUT2D eigenvalue weighted by Crippen LogP contribution is -2.48. The Morgan fingerprint density at radius 2 is 1.62 bits per heavy atom. The van der Waals surface area contributed by atoms with Crippen LogP contribution >= 0.6 is 0 Å². The number of Topliss-reactive ketones (excluding diaryl/α,β-unsaturated/α-hetero) is 1. The highest BCUT2D eigenvalue weighted by molar-refractivity contribution is 7.92. The van der Waals surface area contributed by atoms with E-state index < -0.39 is 93.1 Å². The first-order valence-electron chi connectivity index (χ1n) is 12.1. The summed E-state index contributed by atoms with van der Waals surface area (Å²) in [6, 6.07) is 6.23. The number of carboxylic acids is 1. The maximum absolute atomic E-state index is 13.9. The van der Waals surface area contributed by atoms with E-state index in [2.05, 4.69) is 14.8 Å². The molecule has 0 bridgehead atoms. The number of rotatable bonds is 13. The molecular weight excluding hydrogens is 590 g/mol. The molecule has 3 rings (SSSR count). The van der Waals surface area contributed by atoms with Gasteiger partial charge in [-0.15, -0.1) is 0 Å². The third-order valence-corrected chi connectivity index (χ3v) is 7.19. The number of carbonyl (C=O) groups is 3. The minimum absolute atomic E-state index is 0.0821. The topological polar surface area (TPSA) is 161 Å². The zero-order valence-corrected chi connectivity index (χ0v) is 22.5. The largest absolute Gasteiger partial charge is 0.481 e. The summed E-state index contributed by atoms with van der Waals surface area (Å²) < 4.78 is 87.5. The maximum Gasteiger partial charge on any atom is 0.305 e. The van der Waals surface area contributed by atoms with Gasteiger partial charge in [0.15, 0.2) is 23.2 Å². The molecule has 0 saturated carbocycles. The number of aromatic nitrogens is 1. The number of sulfonamides is 1. The maximum atomic E-state index is 13.9. The van der Waals surface area contributed by atoms with Crippen LogP contribution in [0.4, 0.5) is 23.2 Å². The van der Waals surface area contributed by atoms with Crippen LogP contribution in [0.2, 0.25) is 0 Å². The average Bonchev–Trinajstić information content (AvgIpc) is 2.94. The van der Waals surface area contributed by atoms with Crippen molar-refractivity contribution >= 4 is 33.4 Å². The predicted molar refractivity (Wildman–Crippen MR) is 138 cm³/mol. The number of carboxylic acid groups (broad SMARTS) is 1. The number of ketones is 1. The molecule has 0 aliphatic carbocycles. The van der Waals surface area contributed by atoms with Crippen molar-refractivity contribution in [2.24, 2.45) is 0 Å². The smallest absolute Gasteiger partial charge is 0.305 e. The average molecular weight is 614 g/mol. The fraction of sp³-hybridized carbons (Fsp3) is 0.231. The standard InChI is InChI=1S/C26H23F4N3O8S/c1-2-19(33-10-6-9-17(26(33)38)32-42(39,40)14-7-4-3-5-8-14)25(37)31-18(12-21(35)36)20(34)13-41-24-22(29)15(27)11-16(28)23(24)30/h3-11,18-19,32H,2,12-13H2,1H3,(H,31,37)(H,35,36)/t18-,19-/m0/s1. The van der Waals surface area contributed by atoms with E-state index in [-0.39, 0.29) is 17.4 Å². The Kier molecular flexibility index (Phi) is 10.1. The number of nitrogens with one attached hydrogen (secondary N) is 2. The lowest BCUT2D eigenvalue weighted by atomic mass is 10.1. The number of nitrogens with zero attached hydrogens (tertiary/aromatic N) is 1.